The monoisotopic (exact) mass is 1130 g/mol. The molecule has 29 N–H and O–H groups in total. The van der Waals surface area contributed by atoms with Crippen molar-refractivity contribution in [1.29, 1.82) is 0 Å². The van der Waals surface area contributed by atoms with Crippen molar-refractivity contribution in [3.05, 3.63) is 80.6 Å². The zero-order chi connectivity index (χ0) is 59.0. The lowest BCUT2D eigenvalue weighted by Crippen LogP contribution is -2.35. The minimum atomic E-state index is -2.87. The molecule has 0 aliphatic carbocycles. The summed E-state index contributed by atoms with van der Waals surface area (Å²) < 4.78 is 35.1. The van der Waals surface area contributed by atoms with Gasteiger partial charge in [0.1, 0.15) is 42.7 Å². The molecule has 35 nitrogen and oxygen atoms in total. The molecule has 0 saturated heterocycles. The molecule has 0 bridgehead atoms. The summed E-state index contributed by atoms with van der Waals surface area (Å²) in [6, 6.07) is 0. The van der Waals surface area contributed by atoms with E-state index >= 15 is 0 Å². The van der Waals surface area contributed by atoms with Gasteiger partial charge in [-0.25, -0.2) is 0 Å². The van der Waals surface area contributed by atoms with Crippen molar-refractivity contribution in [3.63, 3.8) is 0 Å². The number of hydrogen-bond donors (Lipinski definition) is 28. The molecule has 448 valence electrons. The molecule has 0 spiro atoms. The van der Waals surface area contributed by atoms with Crippen LogP contribution in [-0.2, 0) is 33.2 Å². The van der Waals surface area contributed by atoms with Crippen LogP contribution < -0.4 is 5.73 Å². The number of aliphatic hydroxyl groups is 27. The Kier molecular flexibility index (Phi) is 31.1. The van der Waals surface area contributed by atoms with Gasteiger partial charge in [-0.15, -0.1) is 0 Å². The SMILES string of the molecule is NCCC1OC(O)/C(O)=C(\O)C(CCO)OC(O)/C(O)=C(/O)C(CCO)OC(O)/C(O)=C(\O)C(CCO)OC(O)/C(O)=C(\O)C(CCO)OC(O)/C(O)=C(/O)C(CCO)OC(O)/C(O)=C(/O)C(CCO)OC(O)/C(O)=C/1O. The first kappa shape index (κ1) is 69.6. The van der Waals surface area contributed by atoms with E-state index < -0.39 is 259 Å². The highest BCUT2D eigenvalue weighted by atomic mass is 16.7. The second kappa shape index (κ2) is 34.4. The zero-order valence-corrected chi connectivity index (χ0v) is 40.5. The largest absolute Gasteiger partial charge is 0.506 e. The molecule has 1 heterocycles. The summed E-state index contributed by atoms with van der Waals surface area (Å²) in [4.78, 5) is 0. The van der Waals surface area contributed by atoms with Crippen molar-refractivity contribution in [1.82, 2.24) is 0 Å². The molecule has 1 rings (SSSR count). The molecule has 0 aromatic rings. The molecule has 14 unspecified atom stereocenters. The molecule has 0 radical (unpaired) electrons. The first-order valence-corrected chi connectivity index (χ1v) is 22.7. The van der Waals surface area contributed by atoms with Gasteiger partial charge in [0.2, 0.25) is 44.0 Å². The van der Waals surface area contributed by atoms with Gasteiger partial charge in [0, 0.05) is 78.2 Å². The van der Waals surface area contributed by atoms with Gasteiger partial charge in [0.25, 0.3) is 0 Å². The van der Waals surface area contributed by atoms with E-state index in [2.05, 4.69) is 0 Å². The van der Waals surface area contributed by atoms with Gasteiger partial charge in [-0.1, -0.05) is 0 Å². The highest BCUT2D eigenvalue weighted by Crippen LogP contribution is 2.28. The van der Waals surface area contributed by atoms with Crippen LogP contribution in [0, 0.1) is 0 Å². The Morgan fingerprint density at radius 2 is 0.338 bits per heavy atom. The second-order valence-electron chi connectivity index (χ2n) is 15.9. The zero-order valence-electron chi connectivity index (χ0n) is 40.5. The topological polar surface area (TPSA) is 637 Å². The van der Waals surface area contributed by atoms with Crippen molar-refractivity contribution in [3.8, 4) is 0 Å². The van der Waals surface area contributed by atoms with E-state index in [0.29, 0.717) is 0 Å². The quantitative estimate of drug-likeness (QED) is 0.0785. The Morgan fingerprint density at radius 1 is 0.221 bits per heavy atom. The van der Waals surface area contributed by atoms with E-state index in [4.69, 9.17) is 38.9 Å². The van der Waals surface area contributed by atoms with Gasteiger partial charge >= 0.3 is 0 Å². The molecule has 14 atom stereocenters. The molecule has 0 amide bonds. The summed E-state index contributed by atoms with van der Waals surface area (Å²) in [7, 11) is 0. The summed E-state index contributed by atoms with van der Waals surface area (Å²) in [6.07, 6.45) is -41.2. The minimum absolute atomic E-state index is 0.499. The molecule has 1 aliphatic rings. The summed E-state index contributed by atoms with van der Waals surface area (Å²) in [5.74, 6) is -22.5. The molecule has 0 saturated carbocycles. The highest BCUT2D eigenvalue weighted by molar-refractivity contribution is 5.16. The second-order valence-corrected chi connectivity index (χ2v) is 15.9. The van der Waals surface area contributed by atoms with Crippen molar-refractivity contribution in [2.75, 3.05) is 46.2 Å². The Bertz CT molecular complexity index is 1630. The van der Waals surface area contributed by atoms with E-state index in [1.807, 2.05) is 0 Å². The highest BCUT2D eigenvalue weighted by Gasteiger charge is 2.38. The lowest BCUT2D eigenvalue weighted by atomic mass is 10.1. The summed E-state index contributed by atoms with van der Waals surface area (Å²) >= 11 is 0. The number of ether oxygens (including phenoxy) is 7. The fraction of sp³-hybridized carbons (Fsp3) is 0.667. The molecule has 1 aliphatic heterocycles. The third kappa shape index (κ3) is 20.4. The third-order valence-electron chi connectivity index (χ3n) is 10.4. The van der Waals surface area contributed by atoms with Crippen molar-refractivity contribution in [2.45, 2.75) is 132 Å². The predicted molar refractivity (Wildman–Crippen MR) is 246 cm³/mol. The number of aliphatic hydroxyl groups excluding tert-OH is 27. The van der Waals surface area contributed by atoms with Crippen LogP contribution in [0.2, 0.25) is 0 Å². The predicted octanol–water partition coefficient (Wildman–Crippen LogP) is -4.14. The number of hydrogen-bond acceptors (Lipinski definition) is 35. The van der Waals surface area contributed by atoms with Crippen LogP contribution in [0.25, 0.3) is 0 Å². The van der Waals surface area contributed by atoms with Crippen LogP contribution in [0.4, 0.5) is 0 Å². The van der Waals surface area contributed by atoms with E-state index in [9.17, 15) is 138 Å². The van der Waals surface area contributed by atoms with E-state index in [0.717, 1.165) is 0 Å². The van der Waals surface area contributed by atoms with Gasteiger partial charge in [-0.2, -0.15) is 0 Å². The fourth-order valence-corrected chi connectivity index (χ4v) is 6.32. The van der Waals surface area contributed by atoms with Gasteiger partial charge in [0.15, 0.2) is 80.6 Å². The Morgan fingerprint density at radius 3 is 0.442 bits per heavy atom. The smallest absolute Gasteiger partial charge is 0.218 e. The maximum absolute atomic E-state index is 10.8. The number of rotatable bonds is 14. The molecule has 0 aromatic heterocycles. The van der Waals surface area contributed by atoms with Gasteiger partial charge < -0.3 is 177 Å². The maximum atomic E-state index is 10.8. The molecule has 0 fully saturated rings. The molecule has 77 heavy (non-hydrogen) atoms. The van der Waals surface area contributed by atoms with Crippen molar-refractivity contribution in [2.24, 2.45) is 5.73 Å². The summed E-state index contributed by atoms with van der Waals surface area (Å²) in [6.45, 7) is -6.43. The van der Waals surface area contributed by atoms with Crippen molar-refractivity contribution >= 4 is 0 Å². The van der Waals surface area contributed by atoms with Gasteiger partial charge in [0.05, 0.1) is 0 Å². The van der Waals surface area contributed by atoms with E-state index in [1.54, 1.807) is 0 Å². The minimum Gasteiger partial charge on any atom is -0.506 e. The van der Waals surface area contributed by atoms with Crippen LogP contribution >= 0.6 is 0 Å². The van der Waals surface area contributed by atoms with Gasteiger partial charge in [-0.05, 0) is 13.0 Å². The van der Waals surface area contributed by atoms with Crippen LogP contribution in [0.15, 0.2) is 80.6 Å². The van der Waals surface area contributed by atoms with Crippen LogP contribution in [-0.4, -0.2) is 271 Å². The first-order valence-electron chi connectivity index (χ1n) is 22.7. The summed E-state index contributed by atoms with van der Waals surface area (Å²) in [5, 5.41) is 283. The van der Waals surface area contributed by atoms with Crippen molar-refractivity contribution < 1.29 is 171 Å². The molecular weight excluding hydrogens is 1060 g/mol. The molecule has 0 aromatic carbocycles. The van der Waals surface area contributed by atoms with E-state index in [-0.39, 0.29) is 0 Å². The lowest BCUT2D eigenvalue weighted by Gasteiger charge is -2.26. The third-order valence-corrected chi connectivity index (χ3v) is 10.4. The molecule has 35 heteroatoms. The summed E-state index contributed by atoms with van der Waals surface area (Å²) in [5.41, 5.74) is 5.53. The Balaban J connectivity index is 4.21. The first-order chi connectivity index (χ1) is 36.1. The number of nitrogens with two attached hydrogens (primary N) is 1. The van der Waals surface area contributed by atoms with Crippen LogP contribution in [0.3, 0.4) is 0 Å². The normalized spacial score (nSPS) is 38.0. The van der Waals surface area contributed by atoms with E-state index in [1.165, 1.54) is 0 Å². The average Bonchev–Trinajstić information content (AvgIpc) is 3.40. The standard InChI is InChI=1S/C42H71NO34/c43-8-1-15-22(50)29(57)37(65)72-17(3-10-45)24(52)31(59)39(67)74-19(5-12-47)26(54)33(61)41(69)76-21(7-14-49)28(56)35(63)42(70)77-20(6-13-48)27(55)34(62)40(68)75-18(4-11-46)25(53)32(60)38(66)73-16(2-9-44)23(51)30(58)36(64)71-15/h15-21,36-42,44-70H,1-14,43H2/b29-22+,30-23+,31-24-,32-25-,33-26-,34-27+,35-28+. The van der Waals surface area contributed by atoms with Gasteiger partial charge in [-0.3, -0.25) is 0 Å². The Hall–Kier alpha value is -5.46. The molecular formula is C42H71NO34. The average molecular weight is 1130 g/mol. The fourth-order valence-electron chi connectivity index (χ4n) is 6.32. The van der Waals surface area contributed by atoms with Crippen LogP contribution in [0.1, 0.15) is 44.9 Å². The lowest BCUT2D eigenvalue weighted by molar-refractivity contribution is -0.160. The maximum Gasteiger partial charge on any atom is 0.218 e. The Labute approximate surface area is 434 Å². The van der Waals surface area contributed by atoms with Crippen LogP contribution in [0.5, 0.6) is 0 Å².